The standard InChI is InChI=1S/C14H25NO/c1-10(9-13-3-2-8-16-13)15-14(11-4-5-11)12-6-7-12/h10-15H,2-9H2,1H3. The van der Waals surface area contributed by atoms with E-state index in [4.69, 9.17) is 4.74 Å². The van der Waals surface area contributed by atoms with E-state index in [2.05, 4.69) is 12.2 Å². The highest BCUT2D eigenvalue weighted by atomic mass is 16.5. The Morgan fingerprint density at radius 1 is 1.12 bits per heavy atom. The average molecular weight is 223 g/mol. The molecule has 2 nitrogen and oxygen atoms in total. The zero-order chi connectivity index (χ0) is 11.0. The van der Waals surface area contributed by atoms with Crippen molar-refractivity contribution in [2.75, 3.05) is 6.61 Å². The van der Waals surface area contributed by atoms with Crippen LogP contribution in [0.3, 0.4) is 0 Å². The first kappa shape index (κ1) is 11.0. The summed E-state index contributed by atoms with van der Waals surface area (Å²) in [5.41, 5.74) is 0. The number of rotatable bonds is 6. The Bertz CT molecular complexity index is 217. The third-order valence-electron chi connectivity index (χ3n) is 4.38. The van der Waals surface area contributed by atoms with Gasteiger partial charge in [0.05, 0.1) is 6.10 Å². The van der Waals surface area contributed by atoms with Crippen molar-refractivity contribution in [3.8, 4) is 0 Å². The van der Waals surface area contributed by atoms with Gasteiger partial charge in [0, 0.05) is 18.7 Å². The molecule has 1 aliphatic heterocycles. The average Bonchev–Trinajstić information content (AvgIpc) is 3.17. The molecule has 1 N–H and O–H groups in total. The second kappa shape index (κ2) is 4.66. The highest BCUT2D eigenvalue weighted by Gasteiger charge is 2.41. The van der Waals surface area contributed by atoms with Gasteiger partial charge in [0.25, 0.3) is 0 Å². The molecule has 3 fully saturated rings. The van der Waals surface area contributed by atoms with E-state index in [1.807, 2.05) is 0 Å². The van der Waals surface area contributed by atoms with Crippen LogP contribution < -0.4 is 5.32 Å². The van der Waals surface area contributed by atoms with Crippen molar-refractivity contribution in [1.82, 2.24) is 5.32 Å². The predicted molar refractivity (Wildman–Crippen MR) is 65.4 cm³/mol. The van der Waals surface area contributed by atoms with Gasteiger partial charge in [-0.3, -0.25) is 0 Å². The lowest BCUT2D eigenvalue weighted by Crippen LogP contribution is -2.41. The zero-order valence-electron chi connectivity index (χ0n) is 10.5. The van der Waals surface area contributed by atoms with Gasteiger partial charge in [-0.05, 0) is 63.7 Å². The maximum absolute atomic E-state index is 5.72. The fourth-order valence-corrected chi connectivity index (χ4v) is 3.19. The smallest absolute Gasteiger partial charge is 0.0590 e. The Morgan fingerprint density at radius 2 is 1.81 bits per heavy atom. The summed E-state index contributed by atoms with van der Waals surface area (Å²) in [5, 5.41) is 3.89. The first-order valence-corrected chi connectivity index (χ1v) is 7.20. The minimum atomic E-state index is 0.543. The maximum atomic E-state index is 5.72. The number of hydrogen-bond donors (Lipinski definition) is 1. The largest absolute Gasteiger partial charge is 0.378 e. The van der Waals surface area contributed by atoms with Crippen molar-refractivity contribution in [3.63, 3.8) is 0 Å². The van der Waals surface area contributed by atoms with Gasteiger partial charge < -0.3 is 10.1 Å². The molecule has 0 bridgehead atoms. The van der Waals surface area contributed by atoms with E-state index in [0.717, 1.165) is 24.5 Å². The highest BCUT2D eigenvalue weighted by molar-refractivity contribution is 4.97. The van der Waals surface area contributed by atoms with Crippen LogP contribution in [0.4, 0.5) is 0 Å². The van der Waals surface area contributed by atoms with Crippen LogP contribution in [0, 0.1) is 11.8 Å². The molecule has 16 heavy (non-hydrogen) atoms. The topological polar surface area (TPSA) is 21.3 Å². The van der Waals surface area contributed by atoms with Crippen LogP contribution in [0.15, 0.2) is 0 Å². The van der Waals surface area contributed by atoms with Gasteiger partial charge in [-0.25, -0.2) is 0 Å². The van der Waals surface area contributed by atoms with E-state index >= 15 is 0 Å². The monoisotopic (exact) mass is 223 g/mol. The van der Waals surface area contributed by atoms with Gasteiger partial charge in [0.2, 0.25) is 0 Å². The van der Waals surface area contributed by atoms with Crippen molar-refractivity contribution in [3.05, 3.63) is 0 Å². The Kier molecular flexibility index (Phi) is 3.21. The Balaban J connectivity index is 1.44. The number of nitrogens with one attached hydrogen (secondary N) is 1. The molecule has 2 saturated carbocycles. The maximum Gasteiger partial charge on any atom is 0.0590 e. The van der Waals surface area contributed by atoms with E-state index in [-0.39, 0.29) is 0 Å². The summed E-state index contributed by atoms with van der Waals surface area (Å²) >= 11 is 0. The number of hydrogen-bond acceptors (Lipinski definition) is 2. The molecular formula is C14H25NO. The van der Waals surface area contributed by atoms with E-state index < -0.39 is 0 Å². The normalized spacial score (nSPS) is 32.2. The summed E-state index contributed by atoms with van der Waals surface area (Å²) in [6.45, 7) is 3.34. The minimum absolute atomic E-state index is 0.543. The van der Waals surface area contributed by atoms with Gasteiger partial charge >= 0.3 is 0 Å². The molecule has 1 heterocycles. The van der Waals surface area contributed by atoms with Crippen LogP contribution in [-0.4, -0.2) is 24.8 Å². The van der Waals surface area contributed by atoms with Crippen LogP contribution in [0.5, 0.6) is 0 Å². The highest BCUT2D eigenvalue weighted by Crippen LogP contribution is 2.44. The summed E-state index contributed by atoms with van der Waals surface area (Å²) in [5.74, 6) is 2.03. The lowest BCUT2D eigenvalue weighted by atomic mass is 10.0. The van der Waals surface area contributed by atoms with E-state index in [9.17, 15) is 0 Å². The molecule has 0 amide bonds. The van der Waals surface area contributed by atoms with Crippen molar-refractivity contribution >= 4 is 0 Å². The first-order chi connectivity index (χ1) is 7.83. The quantitative estimate of drug-likeness (QED) is 0.747. The van der Waals surface area contributed by atoms with Gasteiger partial charge in [0.15, 0.2) is 0 Å². The lowest BCUT2D eigenvalue weighted by Gasteiger charge is -2.25. The predicted octanol–water partition coefficient (Wildman–Crippen LogP) is 2.72. The van der Waals surface area contributed by atoms with Crippen molar-refractivity contribution in [2.24, 2.45) is 11.8 Å². The molecule has 2 heteroatoms. The Hall–Kier alpha value is -0.0800. The van der Waals surface area contributed by atoms with Gasteiger partial charge in [-0.15, -0.1) is 0 Å². The van der Waals surface area contributed by atoms with Crippen LogP contribution >= 0.6 is 0 Å². The molecular weight excluding hydrogens is 198 g/mol. The summed E-state index contributed by atoms with van der Waals surface area (Å²) < 4.78 is 5.72. The summed E-state index contributed by atoms with van der Waals surface area (Å²) in [6, 6.07) is 1.49. The Labute approximate surface area is 99.1 Å². The minimum Gasteiger partial charge on any atom is -0.378 e. The summed E-state index contributed by atoms with van der Waals surface area (Å²) in [6.07, 6.45) is 10.2. The molecule has 0 aromatic rings. The number of ether oxygens (including phenoxy) is 1. The van der Waals surface area contributed by atoms with Gasteiger partial charge in [0.1, 0.15) is 0 Å². The fraction of sp³-hybridized carbons (Fsp3) is 1.00. The molecule has 3 aliphatic rings. The molecule has 92 valence electrons. The van der Waals surface area contributed by atoms with Gasteiger partial charge in [-0.2, -0.15) is 0 Å². The van der Waals surface area contributed by atoms with E-state index in [1.165, 1.54) is 44.9 Å². The van der Waals surface area contributed by atoms with Crippen molar-refractivity contribution < 1.29 is 4.74 Å². The Morgan fingerprint density at radius 3 is 2.31 bits per heavy atom. The summed E-state index contributed by atoms with van der Waals surface area (Å²) in [4.78, 5) is 0. The van der Waals surface area contributed by atoms with E-state index in [1.54, 1.807) is 0 Å². The zero-order valence-corrected chi connectivity index (χ0v) is 10.5. The molecule has 2 unspecified atom stereocenters. The SMILES string of the molecule is CC(CC1CCCO1)NC(C1CC1)C1CC1. The molecule has 2 aliphatic carbocycles. The van der Waals surface area contributed by atoms with Gasteiger partial charge in [-0.1, -0.05) is 0 Å². The first-order valence-electron chi connectivity index (χ1n) is 7.20. The molecule has 2 atom stereocenters. The van der Waals surface area contributed by atoms with Crippen LogP contribution in [0.25, 0.3) is 0 Å². The molecule has 0 aromatic heterocycles. The molecule has 0 spiro atoms. The van der Waals surface area contributed by atoms with Crippen molar-refractivity contribution in [1.29, 1.82) is 0 Å². The molecule has 3 rings (SSSR count). The summed E-state index contributed by atoms with van der Waals surface area (Å²) in [7, 11) is 0. The van der Waals surface area contributed by atoms with Crippen molar-refractivity contribution in [2.45, 2.75) is 70.1 Å². The fourth-order valence-electron chi connectivity index (χ4n) is 3.19. The second-order valence-corrected chi connectivity index (χ2v) is 6.14. The lowest BCUT2D eigenvalue weighted by molar-refractivity contribution is 0.0941. The van der Waals surface area contributed by atoms with Crippen LogP contribution in [0.1, 0.15) is 51.9 Å². The third-order valence-corrected chi connectivity index (χ3v) is 4.38. The molecule has 1 saturated heterocycles. The second-order valence-electron chi connectivity index (χ2n) is 6.14. The molecule has 0 aromatic carbocycles. The van der Waals surface area contributed by atoms with E-state index in [0.29, 0.717) is 12.1 Å². The third kappa shape index (κ3) is 2.78. The molecule has 0 radical (unpaired) electrons. The van der Waals surface area contributed by atoms with Crippen LogP contribution in [-0.2, 0) is 4.74 Å². The van der Waals surface area contributed by atoms with Crippen LogP contribution in [0.2, 0.25) is 0 Å².